The second-order valence-corrected chi connectivity index (χ2v) is 6.26. The lowest BCUT2D eigenvalue weighted by atomic mass is 9.85. The number of imidazole rings is 1. The van der Waals surface area contributed by atoms with Crippen LogP contribution in [0.5, 0.6) is 0 Å². The lowest BCUT2D eigenvalue weighted by Crippen LogP contribution is -2.59. The van der Waals surface area contributed by atoms with Crippen LogP contribution in [0.3, 0.4) is 0 Å². The van der Waals surface area contributed by atoms with Crippen LogP contribution >= 0.6 is 0 Å². The van der Waals surface area contributed by atoms with Crippen molar-refractivity contribution in [3.05, 3.63) is 18.2 Å². The molecule has 0 bridgehead atoms. The van der Waals surface area contributed by atoms with Crippen molar-refractivity contribution in [2.75, 3.05) is 26.3 Å². The Bertz CT molecular complexity index is 448. The average molecular weight is 293 g/mol. The van der Waals surface area contributed by atoms with Crippen molar-refractivity contribution in [3.63, 3.8) is 0 Å². The SMILES string of the molecule is CCn1ccnc1CC(O)C1(N2CCOCC2)CCCC1. The van der Waals surface area contributed by atoms with Crippen molar-refractivity contribution in [1.29, 1.82) is 0 Å². The predicted molar refractivity (Wildman–Crippen MR) is 81.2 cm³/mol. The van der Waals surface area contributed by atoms with Gasteiger partial charge in [-0.1, -0.05) is 12.8 Å². The van der Waals surface area contributed by atoms with Gasteiger partial charge in [0.1, 0.15) is 5.82 Å². The summed E-state index contributed by atoms with van der Waals surface area (Å²) in [5.41, 5.74) is -0.0612. The lowest BCUT2D eigenvalue weighted by Gasteiger charge is -2.46. The second kappa shape index (κ2) is 6.46. The number of aliphatic hydroxyl groups excluding tert-OH is 1. The van der Waals surface area contributed by atoms with E-state index in [-0.39, 0.29) is 11.6 Å². The van der Waals surface area contributed by atoms with Crippen LogP contribution in [0.1, 0.15) is 38.4 Å². The van der Waals surface area contributed by atoms with Gasteiger partial charge in [-0.25, -0.2) is 4.98 Å². The van der Waals surface area contributed by atoms with E-state index in [4.69, 9.17) is 4.74 Å². The third kappa shape index (κ3) is 2.87. The number of hydrogen-bond donors (Lipinski definition) is 1. The molecule has 1 aliphatic carbocycles. The summed E-state index contributed by atoms with van der Waals surface area (Å²) in [5.74, 6) is 1.00. The molecule has 1 aromatic rings. The fraction of sp³-hybridized carbons (Fsp3) is 0.812. The predicted octanol–water partition coefficient (Wildman–Crippen LogP) is 1.45. The molecule has 0 spiro atoms. The molecule has 21 heavy (non-hydrogen) atoms. The van der Waals surface area contributed by atoms with Crippen LogP contribution in [0.4, 0.5) is 0 Å². The molecule has 0 amide bonds. The van der Waals surface area contributed by atoms with Crippen molar-refractivity contribution in [2.45, 2.75) is 57.2 Å². The van der Waals surface area contributed by atoms with Gasteiger partial charge in [-0.3, -0.25) is 4.90 Å². The first-order valence-electron chi connectivity index (χ1n) is 8.27. The highest BCUT2D eigenvalue weighted by molar-refractivity contribution is 5.05. The topological polar surface area (TPSA) is 50.5 Å². The van der Waals surface area contributed by atoms with Crippen molar-refractivity contribution in [1.82, 2.24) is 14.5 Å². The van der Waals surface area contributed by atoms with E-state index in [1.807, 2.05) is 12.4 Å². The smallest absolute Gasteiger partial charge is 0.111 e. The quantitative estimate of drug-likeness (QED) is 0.893. The minimum Gasteiger partial charge on any atom is -0.391 e. The van der Waals surface area contributed by atoms with Crippen LogP contribution in [0, 0.1) is 0 Å². The van der Waals surface area contributed by atoms with Crippen molar-refractivity contribution in [3.8, 4) is 0 Å². The summed E-state index contributed by atoms with van der Waals surface area (Å²) in [4.78, 5) is 6.91. The van der Waals surface area contributed by atoms with E-state index in [9.17, 15) is 5.11 Å². The summed E-state index contributed by atoms with van der Waals surface area (Å²) in [6.07, 6.45) is 8.78. The molecule has 2 heterocycles. The molecule has 1 aromatic heterocycles. The number of nitrogens with zero attached hydrogens (tertiary/aromatic N) is 3. The Hall–Kier alpha value is -0.910. The Morgan fingerprint density at radius 3 is 2.71 bits per heavy atom. The normalized spacial score (nSPS) is 24.3. The maximum absolute atomic E-state index is 11.0. The molecule has 1 saturated heterocycles. The zero-order chi connectivity index (χ0) is 14.7. The van der Waals surface area contributed by atoms with Gasteiger partial charge in [0.15, 0.2) is 0 Å². The lowest BCUT2D eigenvalue weighted by molar-refractivity contribution is -0.0760. The van der Waals surface area contributed by atoms with E-state index >= 15 is 0 Å². The highest BCUT2D eigenvalue weighted by atomic mass is 16.5. The first-order valence-corrected chi connectivity index (χ1v) is 8.27. The zero-order valence-electron chi connectivity index (χ0n) is 13.0. The van der Waals surface area contributed by atoms with E-state index in [0.717, 1.165) is 51.5 Å². The molecule has 5 heteroatoms. The highest BCUT2D eigenvalue weighted by Crippen LogP contribution is 2.39. The molecule has 5 nitrogen and oxygen atoms in total. The summed E-state index contributed by atoms with van der Waals surface area (Å²) in [5, 5.41) is 11.0. The van der Waals surface area contributed by atoms with Crippen LogP contribution in [0.25, 0.3) is 0 Å². The highest BCUT2D eigenvalue weighted by Gasteiger charge is 2.45. The van der Waals surface area contributed by atoms with E-state index in [1.165, 1.54) is 12.8 Å². The Morgan fingerprint density at radius 1 is 1.33 bits per heavy atom. The van der Waals surface area contributed by atoms with Crippen LogP contribution in [-0.4, -0.2) is 57.5 Å². The van der Waals surface area contributed by atoms with Gasteiger partial charge in [0, 0.05) is 44.0 Å². The summed E-state index contributed by atoms with van der Waals surface area (Å²) in [7, 11) is 0. The minimum atomic E-state index is -0.342. The molecule has 1 saturated carbocycles. The summed E-state index contributed by atoms with van der Waals surface area (Å²) >= 11 is 0. The maximum atomic E-state index is 11.0. The van der Waals surface area contributed by atoms with Gasteiger partial charge in [0.05, 0.1) is 19.3 Å². The minimum absolute atomic E-state index is 0.0612. The van der Waals surface area contributed by atoms with Gasteiger partial charge < -0.3 is 14.4 Å². The molecule has 1 atom stereocenters. The number of hydrogen-bond acceptors (Lipinski definition) is 4. The van der Waals surface area contributed by atoms with Crippen LogP contribution in [-0.2, 0) is 17.7 Å². The molecule has 0 aromatic carbocycles. The van der Waals surface area contributed by atoms with Gasteiger partial charge in [-0.15, -0.1) is 0 Å². The number of aryl methyl sites for hydroxylation is 1. The molecule has 1 unspecified atom stereocenters. The fourth-order valence-electron chi connectivity index (χ4n) is 4.04. The third-order valence-corrected chi connectivity index (χ3v) is 5.25. The fourth-order valence-corrected chi connectivity index (χ4v) is 4.04. The van der Waals surface area contributed by atoms with E-state index in [0.29, 0.717) is 6.42 Å². The molecule has 2 fully saturated rings. The van der Waals surface area contributed by atoms with E-state index in [1.54, 1.807) is 0 Å². The molecular weight excluding hydrogens is 266 g/mol. The van der Waals surface area contributed by atoms with Gasteiger partial charge in [0.2, 0.25) is 0 Å². The second-order valence-electron chi connectivity index (χ2n) is 6.26. The van der Waals surface area contributed by atoms with Crippen LogP contribution in [0.2, 0.25) is 0 Å². The van der Waals surface area contributed by atoms with Gasteiger partial charge >= 0.3 is 0 Å². The number of aromatic nitrogens is 2. The monoisotopic (exact) mass is 293 g/mol. The molecule has 1 aliphatic heterocycles. The van der Waals surface area contributed by atoms with Crippen molar-refractivity contribution in [2.24, 2.45) is 0 Å². The van der Waals surface area contributed by atoms with Gasteiger partial charge in [-0.05, 0) is 19.8 Å². The standard InChI is InChI=1S/C16H27N3O2/c1-2-18-8-7-17-15(18)13-14(20)16(5-3-4-6-16)19-9-11-21-12-10-19/h7-8,14,20H,2-6,9-13H2,1H3. The van der Waals surface area contributed by atoms with Crippen molar-refractivity contribution >= 4 is 0 Å². The Balaban J connectivity index is 1.76. The zero-order valence-corrected chi connectivity index (χ0v) is 13.0. The summed E-state index contributed by atoms with van der Waals surface area (Å²) in [6.45, 7) is 6.49. The summed E-state index contributed by atoms with van der Waals surface area (Å²) in [6, 6.07) is 0. The average Bonchev–Trinajstić information content (AvgIpc) is 3.17. The number of aliphatic hydroxyl groups is 1. The molecule has 1 N–H and O–H groups in total. The first kappa shape index (κ1) is 15.0. The molecule has 118 valence electrons. The number of ether oxygens (including phenoxy) is 1. The van der Waals surface area contributed by atoms with Crippen LogP contribution in [0.15, 0.2) is 12.4 Å². The number of rotatable bonds is 5. The number of morpholine rings is 1. The van der Waals surface area contributed by atoms with E-state index in [2.05, 4.69) is 21.4 Å². The van der Waals surface area contributed by atoms with Gasteiger partial charge in [-0.2, -0.15) is 0 Å². The summed E-state index contributed by atoms with van der Waals surface area (Å²) < 4.78 is 7.62. The Kier molecular flexibility index (Phi) is 4.62. The molecular formula is C16H27N3O2. The molecule has 2 aliphatic rings. The molecule has 3 rings (SSSR count). The van der Waals surface area contributed by atoms with Crippen molar-refractivity contribution < 1.29 is 9.84 Å². The Labute approximate surface area is 126 Å². The van der Waals surface area contributed by atoms with E-state index < -0.39 is 0 Å². The maximum Gasteiger partial charge on any atom is 0.111 e. The third-order valence-electron chi connectivity index (χ3n) is 5.25. The molecule has 0 radical (unpaired) electrons. The first-order chi connectivity index (χ1) is 10.3. The Morgan fingerprint density at radius 2 is 2.05 bits per heavy atom. The largest absolute Gasteiger partial charge is 0.391 e. The van der Waals surface area contributed by atoms with Crippen LogP contribution < -0.4 is 0 Å². The van der Waals surface area contributed by atoms with Gasteiger partial charge in [0.25, 0.3) is 0 Å².